The molecule has 0 spiro atoms. The predicted molar refractivity (Wildman–Crippen MR) is 154 cm³/mol. The van der Waals surface area contributed by atoms with Gasteiger partial charge in [0.2, 0.25) is 5.89 Å². The number of pyridine rings is 1. The zero-order chi connectivity index (χ0) is 28.5. The molecule has 1 fully saturated rings. The van der Waals surface area contributed by atoms with Gasteiger partial charge in [-0.25, -0.2) is 14.8 Å². The van der Waals surface area contributed by atoms with Crippen LogP contribution in [0.15, 0.2) is 65.2 Å². The Morgan fingerprint density at radius 1 is 1.17 bits per heavy atom. The zero-order valence-electron chi connectivity index (χ0n) is 22.9. The highest BCUT2D eigenvalue weighted by Gasteiger charge is 2.33. The third kappa shape index (κ3) is 5.29. The minimum atomic E-state index is -0.488. The van der Waals surface area contributed by atoms with E-state index in [1.165, 1.54) is 10.5 Å². The van der Waals surface area contributed by atoms with Crippen molar-refractivity contribution >= 4 is 34.5 Å². The molecule has 2 aromatic carbocycles. The number of carbonyl (C=O) groups excluding carboxylic acids is 2. The minimum absolute atomic E-state index is 0.167. The number of ether oxygens (including phenoxy) is 1. The van der Waals surface area contributed by atoms with E-state index >= 15 is 0 Å². The maximum absolute atomic E-state index is 12.8. The molecule has 9 nitrogen and oxygen atoms in total. The number of fused-ring (bicyclic) bond motifs is 1. The predicted octanol–water partition coefficient (Wildman–Crippen LogP) is 6.21. The van der Waals surface area contributed by atoms with E-state index in [9.17, 15) is 14.9 Å². The summed E-state index contributed by atoms with van der Waals surface area (Å²) in [4.78, 5) is 35.8. The molecule has 1 unspecified atom stereocenters. The van der Waals surface area contributed by atoms with Crippen LogP contribution in [0.5, 0.6) is 0 Å². The summed E-state index contributed by atoms with van der Waals surface area (Å²) in [6.07, 6.45) is 6.37. The van der Waals surface area contributed by atoms with Gasteiger partial charge in [0.05, 0.1) is 24.7 Å². The first-order chi connectivity index (χ1) is 19.9. The lowest BCUT2D eigenvalue weighted by molar-refractivity contribution is 0.0916. The van der Waals surface area contributed by atoms with Crippen molar-refractivity contribution in [3.05, 3.63) is 83.1 Å². The van der Waals surface area contributed by atoms with Crippen LogP contribution >= 0.6 is 0 Å². The number of carbonyl (C=O) groups is 2. The van der Waals surface area contributed by atoms with Gasteiger partial charge >= 0.3 is 6.09 Å². The van der Waals surface area contributed by atoms with Crippen molar-refractivity contribution in [1.82, 2.24) is 15.3 Å². The average molecular weight is 548 g/mol. The first-order valence-corrected chi connectivity index (χ1v) is 13.8. The molecule has 2 aliphatic rings. The molecule has 9 heteroatoms. The van der Waals surface area contributed by atoms with Gasteiger partial charge in [0.1, 0.15) is 17.4 Å². The number of oxazole rings is 1. The highest BCUT2D eigenvalue weighted by atomic mass is 16.6. The highest BCUT2D eigenvalue weighted by Crippen LogP contribution is 2.32. The summed E-state index contributed by atoms with van der Waals surface area (Å²) in [6, 6.07) is 16.5. The van der Waals surface area contributed by atoms with E-state index < -0.39 is 12.2 Å². The van der Waals surface area contributed by atoms with E-state index in [0.717, 1.165) is 30.4 Å². The van der Waals surface area contributed by atoms with Gasteiger partial charge in [-0.1, -0.05) is 19.9 Å². The van der Waals surface area contributed by atoms with Crippen LogP contribution in [0.25, 0.3) is 28.1 Å². The van der Waals surface area contributed by atoms with Gasteiger partial charge in [0.25, 0.3) is 5.91 Å². The Hall–Kier alpha value is -4.97. The molecule has 4 aromatic rings. The van der Waals surface area contributed by atoms with Crippen molar-refractivity contribution in [3.8, 4) is 17.5 Å². The lowest BCUT2D eigenvalue weighted by atomic mass is 10.00. The Labute approximate surface area is 237 Å². The number of amides is 2. The smallest absolute Gasteiger partial charge is 0.416 e. The molecule has 1 N–H and O–H groups in total. The fraction of sp³-hybridized carbons (Fsp3) is 0.281. The summed E-state index contributed by atoms with van der Waals surface area (Å²) < 4.78 is 11.5. The summed E-state index contributed by atoms with van der Waals surface area (Å²) in [6.45, 7) is 4.56. The molecule has 6 rings (SSSR count). The molecule has 0 bridgehead atoms. The van der Waals surface area contributed by atoms with Crippen LogP contribution in [0, 0.1) is 11.3 Å². The monoisotopic (exact) mass is 547 g/mol. The molecule has 3 heterocycles. The molecule has 206 valence electrons. The number of anilines is 1. The Bertz CT molecular complexity index is 1700. The van der Waals surface area contributed by atoms with E-state index in [2.05, 4.69) is 27.4 Å². The Morgan fingerprint density at radius 2 is 1.98 bits per heavy atom. The average Bonchev–Trinajstić information content (AvgIpc) is 3.75. The number of allylic oxidation sites excluding steroid dienone is 2. The number of hydrogen-bond donors (Lipinski definition) is 1. The highest BCUT2D eigenvalue weighted by molar-refractivity contribution is 5.95. The second-order valence-electron chi connectivity index (χ2n) is 10.6. The van der Waals surface area contributed by atoms with E-state index in [1.54, 1.807) is 36.5 Å². The normalized spacial score (nSPS) is 16.6. The molecule has 2 aromatic heterocycles. The van der Waals surface area contributed by atoms with Crippen molar-refractivity contribution in [2.45, 2.75) is 45.1 Å². The molecule has 1 atom stereocenters. The SMILES string of the molecule is CC(C)c1cc(C#N)cc2nc(-c3ccc(C(=O)NCC4CN(c5ccc(C6=CCCC6)cn5)C(=O)O4)cc3)oc12. The van der Waals surface area contributed by atoms with Crippen molar-refractivity contribution in [3.63, 3.8) is 0 Å². The largest absolute Gasteiger partial charge is 0.442 e. The Morgan fingerprint density at radius 3 is 2.66 bits per heavy atom. The third-order valence-electron chi connectivity index (χ3n) is 7.46. The summed E-state index contributed by atoms with van der Waals surface area (Å²) in [5.41, 5.74) is 6.30. The second-order valence-corrected chi connectivity index (χ2v) is 10.6. The van der Waals surface area contributed by atoms with Gasteiger partial charge in [-0.15, -0.1) is 0 Å². The van der Waals surface area contributed by atoms with Gasteiger partial charge < -0.3 is 14.5 Å². The van der Waals surface area contributed by atoms with Crippen LogP contribution < -0.4 is 10.2 Å². The van der Waals surface area contributed by atoms with Gasteiger partial charge in [0, 0.05) is 22.9 Å². The fourth-order valence-electron chi connectivity index (χ4n) is 5.23. The topological polar surface area (TPSA) is 121 Å². The summed E-state index contributed by atoms with van der Waals surface area (Å²) in [5.74, 6) is 0.839. The van der Waals surface area contributed by atoms with Crippen molar-refractivity contribution in [2.24, 2.45) is 0 Å². The number of cyclic esters (lactones) is 1. The lowest BCUT2D eigenvalue weighted by Gasteiger charge is -2.13. The standard InChI is InChI=1S/C32H29N5O4/c1-19(2)26-13-20(15-33)14-27-29(26)41-31(36-27)23-9-7-22(8-10-23)30(38)35-17-25-18-37(32(39)40-25)28-12-11-24(16-34-28)21-5-3-4-6-21/h5,7-14,16,19,25H,3-4,6,17-18H2,1-2H3,(H,35,38). The zero-order valence-corrected chi connectivity index (χ0v) is 22.9. The molecule has 41 heavy (non-hydrogen) atoms. The van der Waals surface area contributed by atoms with Gasteiger partial charge in [-0.05, 0) is 84.8 Å². The molecule has 1 saturated heterocycles. The van der Waals surface area contributed by atoms with E-state index in [4.69, 9.17) is 9.15 Å². The second kappa shape index (κ2) is 10.9. The number of benzene rings is 2. The first kappa shape index (κ1) is 26.3. The van der Waals surface area contributed by atoms with Crippen LogP contribution in [0.3, 0.4) is 0 Å². The molecule has 1 aliphatic heterocycles. The number of nitriles is 1. The summed E-state index contributed by atoms with van der Waals surface area (Å²) in [7, 11) is 0. The van der Waals surface area contributed by atoms with E-state index in [-0.39, 0.29) is 18.4 Å². The quantitative estimate of drug-likeness (QED) is 0.292. The summed E-state index contributed by atoms with van der Waals surface area (Å²) >= 11 is 0. The van der Waals surface area contributed by atoms with Crippen molar-refractivity contribution in [2.75, 3.05) is 18.0 Å². The molecular weight excluding hydrogens is 518 g/mol. The van der Waals surface area contributed by atoms with Crippen LogP contribution in [0.4, 0.5) is 10.6 Å². The number of aromatic nitrogens is 2. The van der Waals surface area contributed by atoms with E-state index in [0.29, 0.717) is 46.0 Å². The van der Waals surface area contributed by atoms with Crippen molar-refractivity contribution in [1.29, 1.82) is 5.26 Å². The van der Waals surface area contributed by atoms with Crippen molar-refractivity contribution < 1.29 is 18.7 Å². The fourth-order valence-corrected chi connectivity index (χ4v) is 5.23. The molecule has 1 aliphatic carbocycles. The number of nitrogens with zero attached hydrogens (tertiary/aromatic N) is 4. The lowest BCUT2D eigenvalue weighted by Crippen LogP contribution is -2.34. The molecule has 2 amide bonds. The summed E-state index contributed by atoms with van der Waals surface area (Å²) in [5, 5.41) is 12.2. The number of hydrogen-bond acceptors (Lipinski definition) is 7. The van der Waals surface area contributed by atoms with Crippen LogP contribution in [0.1, 0.15) is 66.1 Å². The van der Waals surface area contributed by atoms with Crippen LogP contribution in [-0.2, 0) is 4.74 Å². The van der Waals surface area contributed by atoms with Crippen LogP contribution in [-0.4, -0.2) is 41.2 Å². The molecule has 0 saturated carbocycles. The van der Waals surface area contributed by atoms with Gasteiger partial charge in [-0.3, -0.25) is 9.69 Å². The third-order valence-corrected chi connectivity index (χ3v) is 7.46. The first-order valence-electron chi connectivity index (χ1n) is 13.8. The maximum Gasteiger partial charge on any atom is 0.416 e. The Kier molecular flexibility index (Phi) is 6.98. The number of rotatable bonds is 7. The van der Waals surface area contributed by atoms with E-state index in [1.807, 2.05) is 32.0 Å². The van der Waals surface area contributed by atoms with Gasteiger partial charge in [0.15, 0.2) is 5.58 Å². The maximum atomic E-state index is 12.8. The van der Waals surface area contributed by atoms with Gasteiger partial charge in [-0.2, -0.15) is 5.26 Å². The molecular formula is C32H29N5O4. The minimum Gasteiger partial charge on any atom is -0.442 e. The number of nitrogens with one attached hydrogen (secondary N) is 1. The van der Waals surface area contributed by atoms with Crippen LogP contribution in [0.2, 0.25) is 0 Å². The Balaban J connectivity index is 1.08. The molecule has 0 radical (unpaired) electrons.